The van der Waals surface area contributed by atoms with Crippen LogP contribution in [-0.2, 0) is 6.42 Å². The molecule has 0 atom stereocenters. The van der Waals surface area contributed by atoms with Gasteiger partial charge in [-0.1, -0.05) is 0 Å². The predicted molar refractivity (Wildman–Crippen MR) is 84.3 cm³/mol. The van der Waals surface area contributed by atoms with E-state index in [1.54, 1.807) is 24.4 Å². The maximum atomic E-state index is 12.0. The molecule has 0 fully saturated rings. The van der Waals surface area contributed by atoms with Crippen LogP contribution in [0.4, 0.5) is 11.4 Å². The van der Waals surface area contributed by atoms with E-state index in [-0.39, 0.29) is 5.91 Å². The molecule has 1 aromatic heterocycles. The Labute approximate surface area is 124 Å². The number of amides is 1. The topological polar surface area (TPSA) is 95.8 Å². The fourth-order valence-corrected chi connectivity index (χ4v) is 2.08. The van der Waals surface area contributed by atoms with E-state index < -0.39 is 0 Å². The Morgan fingerprint density at radius 2 is 2.29 bits per heavy atom. The van der Waals surface area contributed by atoms with Gasteiger partial charge in [-0.05, 0) is 31.5 Å². The summed E-state index contributed by atoms with van der Waals surface area (Å²) in [7, 11) is 0. The van der Waals surface area contributed by atoms with Crippen LogP contribution in [0.1, 0.15) is 29.5 Å². The summed E-state index contributed by atoms with van der Waals surface area (Å²) in [5.74, 6) is 0.874. The number of benzene rings is 1. The number of rotatable bonds is 7. The van der Waals surface area contributed by atoms with E-state index in [0.717, 1.165) is 30.9 Å². The van der Waals surface area contributed by atoms with E-state index in [1.165, 1.54) is 0 Å². The molecular weight excluding hydrogens is 266 g/mol. The van der Waals surface area contributed by atoms with Crippen molar-refractivity contribution < 1.29 is 4.79 Å². The zero-order valence-electron chi connectivity index (χ0n) is 12.1. The van der Waals surface area contributed by atoms with E-state index in [9.17, 15) is 4.79 Å². The molecule has 21 heavy (non-hydrogen) atoms. The molecule has 0 saturated heterocycles. The van der Waals surface area contributed by atoms with Gasteiger partial charge in [0.15, 0.2) is 0 Å². The zero-order chi connectivity index (χ0) is 15.1. The number of hydrogen-bond donors (Lipinski definition) is 4. The minimum absolute atomic E-state index is 0.0916. The molecule has 0 saturated carbocycles. The van der Waals surface area contributed by atoms with Gasteiger partial charge in [0.1, 0.15) is 5.82 Å². The van der Waals surface area contributed by atoms with Crippen molar-refractivity contribution >= 4 is 17.3 Å². The Morgan fingerprint density at radius 3 is 3.00 bits per heavy atom. The second-order valence-corrected chi connectivity index (χ2v) is 4.73. The van der Waals surface area contributed by atoms with Crippen molar-refractivity contribution in [2.45, 2.75) is 19.8 Å². The number of nitrogens with one attached hydrogen (secondary N) is 3. The van der Waals surface area contributed by atoms with Gasteiger partial charge in [0.05, 0.1) is 5.56 Å². The normalized spacial score (nSPS) is 10.3. The highest BCUT2D eigenvalue weighted by Gasteiger charge is 2.10. The van der Waals surface area contributed by atoms with Gasteiger partial charge in [0.2, 0.25) is 0 Å². The van der Waals surface area contributed by atoms with E-state index in [4.69, 9.17) is 5.73 Å². The van der Waals surface area contributed by atoms with Crippen molar-refractivity contribution in [2.75, 3.05) is 24.1 Å². The summed E-state index contributed by atoms with van der Waals surface area (Å²) >= 11 is 0. The summed E-state index contributed by atoms with van der Waals surface area (Å²) in [4.78, 5) is 19.2. The number of nitrogen functional groups attached to an aromatic ring is 1. The van der Waals surface area contributed by atoms with Crippen LogP contribution in [0.2, 0.25) is 0 Å². The van der Waals surface area contributed by atoms with Crippen LogP contribution >= 0.6 is 0 Å². The number of H-pyrrole nitrogens is 1. The van der Waals surface area contributed by atoms with Crippen molar-refractivity contribution in [1.82, 2.24) is 15.3 Å². The molecule has 6 heteroatoms. The lowest BCUT2D eigenvalue weighted by Crippen LogP contribution is -2.24. The summed E-state index contributed by atoms with van der Waals surface area (Å²) in [5, 5.41) is 6.07. The van der Waals surface area contributed by atoms with E-state index >= 15 is 0 Å². The standard InChI is InChI=1S/C15H21N5O/c1-2-17-15(21)12-6-5-11(16)10-13(12)18-7-3-4-14-19-8-9-20-14/h5-6,8-10,18H,2-4,7,16H2,1H3,(H,17,21)(H,19,20). The Kier molecular flexibility index (Phi) is 5.20. The van der Waals surface area contributed by atoms with Crippen LogP contribution in [0, 0.1) is 0 Å². The summed E-state index contributed by atoms with van der Waals surface area (Å²) in [6.45, 7) is 3.24. The number of nitrogens with two attached hydrogens (primary N) is 1. The molecule has 0 radical (unpaired) electrons. The Morgan fingerprint density at radius 1 is 1.43 bits per heavy atom. The predicted octanol–water partition coefficient (Wildman–Crippen LogP) is 1.79. The number of aryl methyl sites for hydroxylation is 1. The Hall–Kier alpha value is -2.50. The number of aromatic amines is 1. The van der Waals surface area contributed by atoms with Crippen molar-refractivity contribution in [3.05, 3.63) is 42.0 Å². The molecule has 1 heterocycles. The maximum Gasteiger partial charge on any atom is 0.253 e. The molecule has 5 N–H and O–H groups in total. The summed E-state index contributed by atoms with van der Waals surface area (Å²) in [6.07, 6.45) is 5.33. The Bertz CT molecular complexity index is 580. The second-order valence-electron chi connectivity index (χ2n) is 4.73. The van der Waals surface area contributed by atoms with Crippen LogP contribution in [-0.4, -0.2) is 29.0 Å². The summed E-state index contributed by atoms with van der Waals surface area (Å²) < 4.78 is 0. The molecule has 6 nitrogen and oxygen atoms in total. The van der Waals surface area contributed by atoms with Crippen LogP contribution < -0.4 is 16.4 Å². The number of anilines is 2. The Balaban J connectivity index is 1.94. The highest BCUT2D eigenvalue weighted by atomic mass is 16.1. The van der Waals surface area contributed by atoms with Crippen LogP contribution in [0.3, 0.4) is 0 Å². The third kappa shape index (κ3) is 4.24. The average Bonchev–Trinajstić information content (AvgIpc) is 2.97. The highest BCUT2D eigenvalue weighted by Crippen LogP contribution is 2.19. The molecule has 1 amide bonds. The molecule has 0 unspecified atom stereocenters. The monoisotopic (exact) mass is 287 g/mol. The van der Waals surface area contributed by atoms with E-state index in [2.05, 4.69) is 20.6 Å². The van der Waals surface area contributed by atoms with Crippen LogP contribution in [0.5, 0.6) is 0 Å². The maximum absolute atomic E-state index is 12.0. The first-order chi connectivity index (χ1) is 10.2. The fourth-order valence-electron chi connectivity index (χ4n) is 2.08. The quantitative estimate of drug-likeness (QED) is 0.461. The number of aromatic nitrogens is 2. The SMILES string of the molecule is CCNC(=O)c1ccc(N)cc1NCCCc1ncc[nH]1. The van der Waals surface area contributed by atoms with E-state index in [0.29, 0.717) is 17.8 Å². The lowest BCUT2D eigenvalue weighted by atomic mass is 10.1. The molecule has 2 aromatic rings. The molecule has 112 valence electrons. The number of carbonyl (C=O) groups is 1. The zero-order valence-corrected chi connectivity index (χ0v) is 12.1. The molecule has 0 aliphatic heterocycles. The van der Waals surface area contributed by atoms with Crippen molar-refractivity contribution in [3.8, 4) is 0 Å². The third-order valence-electron chi connectivity index (χ3n) is 3.09. The first kappa shape index (κ1) is 14.9. The lowest BCUT2D eigenvalue weighted by molar-refractivity contribution is 0.0956. The number of nitrogens with zero attached hydrogens (tertiary/aromatic N) is 1. The number of carbonyl (C=O) groups excluding carboxylic acids is 1. The van der Waals surface area contributed by atoms with Gasteiger partial charge in [-0.3, -0.25) is 4.79 Å². The van der Waals surface area contributed by atoms with Gasteiger partial charge in [0.25, 0.3) is 5.91 Å². The van der Waals surface area contributed by atoms with Crippen molar-refractivity contribution in [1.29, 1.82) is 0 Å². The van der Waals surface area contributed by atoms with Gasteiger partial charge in [-0.25, -0.2) is 4.98 Å². The van der Waals surface area contributed by atoms with Gasteiger partial charge >= 0.3 is 0 Å². The molecule has 1 aromatic carbocycles. The van der Waals surface area contributed by atoms with Crippen LogP contribution in [0.15, 0.2) is 30.6 Å². The third-order valence-corrected chi connectivity index (χ3v) is 3.09. The molecular formula is C15H21N5O. The summed E-state index contributed by atoms with van der Waals surface area (Å²) in [5.41, 5.74) is 7.81. The number of hydrogen-bond acceptors (Lipinski definition) is 4. The number of imidazole rings is 1. The molecule has 0 aliphatic rings. The van der Waals surface area contributed by atoms with Gasteiger partial charge in [0, 0.05) is 43.3 Å². The fraction of sp³-hybridized carbons (Fsp3) is 0.333. The van der Waals surface area contributed by atoms with Gasteiger partial charge < -0.3 is 21.4 Å². The molecule has 0 bridgehead atoms. The minimum atomic E-state index is -0.0916. The smallest absolute Gasteiger partial charge is 0.253 e. The van der Waals surface area contributed by atoms with E-state index in [1.807, 2.05) is 13.1 Å². The lowest BCUT2D eigenvalue weighted by Gasteiger charge is -2.12. The summed E-state index contributed by atoms with van der Waals surface area (Å²) in [6, 6.07) is 5.27. The average molecular weight is 287 g/mol. The van der Waals surface area contributed by atoms with Crippen molar-refractivity contribution in [3.63, 3.8) is 0 Å². The van der Waals surface area contributed by atoms with Crippen LogP contribution in [0.25, 0.3) is 0 Å². The second kappa shape index (κ2) is 7.33. The van der Waals surface area contributed by atoms with Crippen molar-refractivity contribution in [2.24, 2.45) is 0 Å². The first-order valence-corrected chi connectivity index (χ1v) is 7.10. The van der Waals surface area contributed by atoms with Gasteiger partial charge in [-0.2, -0.15) is 0 Å². The first-order valence-electron chi connectivity index (χ1n) is 7.10. The van der Waals surface area contributed by atoms with Gasteiger partial charge in [-0.15, -0.1) is 0 Å². The highest BCUT2D eigenvalue weighted by molar-refractivity contribution is 6.00. The molecule has 0 spiro atoms. The molecule has 0 aliphatic carbocycles. The largest absolute Gasteiger partial charge is 0.399 e. The molecule has 2 rings (SSSR count). The minimum Gasteiger partial charge on any atom is -0.399 e.